The van der Waals surface area contributed by atoms with Gasteiger partial charge in [-0.05, 0) is 95.9 Å². The summed E-state index contributed by atoms with van der Waals surface area (Å²) in [6, 6.07) is 36.1. The molecule has 7 rings (SSSR count). The van der Waals surface area contributed by atoms with Gasteiger partial charge in [0, 0.05) is 17.2 Å². The monoisotopic (exact) mass is 599 g/mol. The van der Waals surface area contributed by atoms with E-state index in [4.69, 9.17) is 4.74 Å². The molecule has 5 aromatic rings. The fraction of sp³-hybridized carbons (Fsp3) is 0.366. The number of hydrogen-bond acceptors (Lipinski definition) is 2. The van der Waals surface area contributed by atoms with Crippen LogP contribution in [0, 0.1) is 0 Å². The van der Waals surface area contributed by atoms with Gasteiger partial charge in [0.2, 0.25) is 0 Å². The van der Waals surface area contributed by atoms with Crippen LogP contribution in [0.25, 0.3) is 32.7 Å². The van der Waals surface area contributed by atoms with E-state index in [1.807, 2.05) is 0 Å². The molecule has 0 atom stereocenters. The minimum absolute atomic E-state index is 0.315. The fourth-order valence-corrected chi connectivity index (χ4v) is 11.8. The van der Waals surface area contributed by atoms with Crippen LogP contribution in [0.15, 0.2) is 97.1 Å². The summed E-state index contributed by atoms with van der Waals surface area (Å²) in [4.78, 5) is 0. The maximum absolute atomic E-state index is 7.02. The molecule has 2 nitrogen and oxygen atoms in total. The Morgan fingerprint density at radius 1 is 0.568 bits per heavy atom. The number of fused-ring (bicyclic) bond motifs is 2. The first kappa shape index (κ1) is 29.4. The first-order chi connectivity index (χ1) is 21.7. The lowest BCUT2D eigenvalue weighted by molar-refractivity contribution is 0.486. The van der Waals surface area contributed by atoms with Crippen molar-refractivity contribution in [1.82, 2.24) is 0 Å². The van der Waals surface area contributed by atoms with Crippen molar-refractivity contribution < 1.29 is 4.74 Å². The summed E-state index contributed by atoms with van der Waals surface area (Å²) in [6.45, 7) is 4.36. The predicted molar refractivity (Wildman–Crippen MR) is 192 cm³/mol. The Kier molecular flexibility index (Phi) is 8.90. The molecule has 0 heterocycles. The Morgan fingerprint density at radius 3 is 1.75 bits per heavy atom. The van der Waals surface area contributed by atoms with Crippen LogP contribution >= 0.6 is 7.92 Å². The highest BCUT2D eigenvalue weighted by atomic mass is 31.1. The number of nitrogens with one attached hydrogen (secondary N) is 1. The summed E-state index contributed by atoms with van der Waals surface area (Å²) in [5.41, 5.74) is 5.35. The summed E-state index contributed by atoms with van der Waals surface area (Å²) in [5.74, 6) is 1.82. The molecular formula is C41H46NOP. The van der Waals surface area contributed by atoms with E-state index in [1.165, 1.54) is 96.9 Å². The zero-order chi connectivity index (χ0) is 29.9. The van der Waals surface area contributed by atoms with Crippen molar-refractivity contribution in [3.63, 3.8) is 0 Å². The molecule has 0 amide bonds. The molecule has 0 unspecified atom stereocenters. The van der Waals surface area contributed by atoms with Gasteiger partial charge in [-0.2, -0.15) is 0 Å². The summed E-state index contributed by atoms with van der Waals surface area (Å²) < 4.78 is 7.02. The number of para-hydroxylation sites is 2. The van der Waals surface area contributed by atoms with Crippen LogP contribution in [0.5, 0.6) is 11.5 Å². The van der Waals surface area contributed by atoms with Crippen LogP contribution in [-0.2, 0) is 0 Å². The highest BCUT2D eigenvalue weighted by Crippen LogP contribution is 2.58. The van der Waals surface area contributed by atoms with Gasteiger partial charge in [0.1, 0.15) is 5.75 Å². The molecule has 5 aromatic carbocycles. The van der Waals surface area contributed by atoms with Gasteiger partial charge in [-0.3, -0.25) is 0 Å². The van der Waals surface area contributed by atoms with Crippen LogP contribution < -0.4 is 15.4 Å². The maximum Gasteiger partial charge on any atom is 0.150 e. The third-order valence-electron chi connectivity index (χ3n) is 9.81. The van der Waals surface area contributed by atoms with Crippen molar-refractivity contribution in [2.75, 3.05) is 5.32 Å². The van der Waals surface area contributed by atoms with Crippen LogP contribution in [0.3, 0.4) is 0 Å². The minimum atomic E-state index is -0.323. The lowest BCUT2D eigenvalue weighted by atomic mass is 9.93. The van der Waals surface area contributed by atoms with Crippen LogP contribution in [-0.4, -0.2) is 17.4 Å². The number of anilines is 1. The van der Waals surface area contributed by atoms with Crippen molar-refractivity contribution in [3.05, 3.63) is 97.1 Å². The number of hydrogen-bond donors (Lipinski definition) is 1. The van der Waals surface area contributed by atoms with Gasteiger partial charge in [-0.15, -0.1) is 0 Å². The van der Waals surface area contributed by atoms with E-state index in [0.717, 1.165) is 28.5 Å². The van der Waals surface area contributed by atoms with Gasteiger partial charge in [0.15, 0.2) is 5.75 Å². The Hall–Kier alpha value is -3.35. The Balaban J connectivity index is 1.49. The lowest BCUT2D eigenvalue weighted by Gasteiger charge is -2.40. The van der Waals surface area contributed by atoms with Crippen molar-refractivity contribution in [1.29, 1.82) is 0 Å². The summed E-state index contributed by atoms with van der Waals surface area (Å²) in [6.07, 6.45) is 13.9. The van der Waals surface area contributed by atoms with Crippen molar-refractivity contribution >= 4 is 40.5 Å². The third kappa shape index (κ3) is 5.99. The van der Waals surface area contributed by atoms with Crippen LogP contribution in [0.4, 0.5) is 5.69 Å². The molecule has 44 heavy (non-hydrogen) atoms. The molecule has 2 fully saturated rings. The zero-order valence-electron chi connectivity index (χ0n) is 26.4. The molecule has 0 spiro atoms. The van der Waals surface area contributed by atoms with Gasteiger partial charge >= 0.3 is 0 Å². The summed E-state index contributed by atoms with van der Waals surface area (Å²) in [5, 5.41) is 10.4. The first-order valence-electron chi connectivity index (χ1n) is 17.0. The normalized spacial score (nSPS) is 16.6. The van der Waals surface area contributed by atoms with Crippen LogP contribution in [0.2, 0.25) is 0 Å². The highest BCUT2D eigenvalue weighted by molar-refractivity contribution is 7.67. The van der Waals surface area contributed by atoms with E-state index < -0.39 is 0 Å². The minimum Gasteiger partial charge on any atom is -0.455 e. The number of benzene rings is 5. The van der Waals surface area contributed by atoms with E-state index in [-0.39, 0.29) is 7.92 Å². The average molecular weight is 600 g/mol. The molecule has 0 radical (unpaired) electrons. The SMILES string of the molecule is CC(C)Nc1ccccc1Oc1ccc2ccccc2c1-c1c(P(C2CCCCC2)C2CCCCC2)ccc2ccccc12. The largest absolute Gasteiger partial charge is 0.455 e. The standard InChI is InChI=1S/C41H46NOP/c1-29(2)42-36-23-13-14-24-37(36)43-38-27-25-30-15-9-11-21-34(30)40(38)41-35-22-12-10-16-31(35)26-28-39(41)44(32-17-5-3-6-18-32)33-19-7-4-8-20-33/h9-16,21-29,32-33,42H,3-8,17-20H2,1-2H3. The molecule has 226 valence electrons. The van der Waals surface area contributed by atoms with Crippen LogP contribution in [0.1, 0.15) is 78.1 Å². The first-order valence-corrected chi connectivity index (χ1v) is 18.5. The molecule has 0 saturated heterocycles. The fourth-order valence-electron chi connectivity index (χ4n) is 7.85. The van der Waals surface area contributed by atoms with Gasteiger partial charge in [-0.25, -0.2) is 0 Å². The van der Waals surface area contributed by atoms with E-state index in [2.05, 4.69) is 116 Å². The predicted octanol–water partition coefficient (Wildman–Crippen LogP) is 12.0. The molecule has 3 heteroatoms. The Labute approximate surface area is 265 Å². The van der Waals surface area contributed by atoms with Crippen molar-refractivity contribution in [2.45, 2.75) is 95.4 Å². The molecule has 1 N–H and O–H groups in total. The molecule has 2 aliphatic carbocycles. The van der Waals surface area contributed by atoms with Gasteiger partial charge in [0.25, 0.3) is 0 Å². The molecule has 0 aliphatic heterocycles. The molecule has 0 bridgehead atoms. The lowest BCUT2D eigenvalue weighted by Crippen LogP contribution is -2.27. The summed E-state index contributed by atoms with van der Waals surface area (Å²) in [7, 11) is -0.323. The Morgan fingerprint density at radius 2 is 1.11 bits per heavy atom. The number of ether oxygens (including phenoxy) is 1. The molecule has 0 aromatic heterocycles. The van der Waals surface area contributed by atoms with Crippen molar-refractivity contribution in [3.8, 4) is 22.6 Å². The highest BCUT2D eigenvalue weighted by Gasteiger charge is 2.35. The van der Waals surface area contributed by atoms with Crippen molar-refractivity contribution in [2.24, 2.45) is 0 Å². The second-order valence-electron chi connectivity index (χ2n) is 13.2. The molecule has 2 aliphatic rings. The third-order valence-corrected chi connectivity index (χ3v) is 13.3. The second-order valence-corrected chi connectivity index (χ2v) is 16.0. The number of rotatable bonds is 8. The quantitative estimate of drug-likeness (QED) is 0.179. The maximum atomic E-state index is 7.02. The molecule has 2 saturated carbocycles. The second kappa shape index (κ2) is 13.3. The zero-order valence-corrected chi connectivity index (χ0v) is 27.3. The summed E-state index contributed by atoms with van der Waals surface area (Å²) >= 11 is 0. The smallest absolute Gasteiger partial charge is 0.150 e. The Bertz CT molecular complexity index is 1710. The van der Waals surface area contributed by atoms with Gasteiger partial charge in [0.05, 0.1) is 5.69 Å². The van der Waals surface area contributed by atoms with E-state index in [0.29, 0.717) is 6.04 Å². The van der Waals surface area contributed by atoms with Gasteiger partial charge < -0.3 is 10.1 Å². The average Bonchev–Trinajstić information content (AvgIpc) is 3.06. The van der Waals surface area contributed by atoms with E-state index in [1.54, 1.807) is 5.30 Å². The van der Waals surface area contributed by atoms with Gasteiger partial charge in [-0.1, -0.05) is 125 Å². The molecular weight excluding hydrogens is 553 g/mol. The van der Waals surface area contributed by atoms with E-state index in [9.17, 15) is 0 Å². The van der Waals surface area contributed by atoms with E-state index >= 15 is 0 Å². The topological polar surface area (TPSA) is 21.3 Å².